The predicted molar refractivity (Wildman–Crippen MR) is 75.0 cm³/mol. The SMILES string of the molecule is Cc1cccc(C(N)CS(=O)CC2CCCO2)c1. The fourth-order valence-corrected chi connectivity index (χ4v) is 3.66. The molecule has 0 amide bonds. The fraction of sp³-hybridized carbons (Fsp3) is 0.571. The Balaban J connectivity index is 1.86. The molecule has 3 atom stereocenters. The van der Waals surface area contributed by atoms with Crippen LogP contribution in [-0.4, -0.2) is 28.4 Å². The molecular formula is C14H21NO2S. The van der Waals surface area contributed by atoms with E-state index < -0.39 is 10.8 Å². The average molecular weight is 267 g/mol. The molecule has 0 aliphatic carbocycles. The van der Waals surface area contributed by atoms with Gasteiger partial charge in [0.15, 0.2) is 0 Å². The molecule has 100 valence electrons. The number of benzene rings is 1. The molecule has 0 aromatic heterocycles. The molecule has 4 heteroatoms. The van der Waals surface area contributed by atoms with Crippen LogP contribution in [0.5, 0.6) is 0 Å². The Bertz CT molecular complexity index is 416. The van der Waals surface area contributed by atoms with Gasteiger partial charge >= 0.3 is 0 Å². The van der Waals surface area contributed by atoms with E-state index in [0.717, 1.165) is 25.0 Å². The molecule has 1 aromatic rings. The lowest BCUT2D eigenvalue weighted by molar-refractivity contribution is 0.128. The van der Waals surface area contributed by atoms with Crippen molar-refractivity contribution >= 4 is 10.8 Å². The van der Waals surface area contributed by atoms with Gasteiger partial charge in [-0.1, -0.05) is 29.8 Å². The van der Waals surface area contributed by atoms with Crippen molar-refractivity contribution < 1.29 is 8.95 Å². The summed E-state index contributed by atoms with van der Waals surface area (Å²) in [7, 11) is -0.897. The van der Waals surface area contributed by atoms with E-state index in [2.05, 4.69) is 6.07 Å². The summed E-state index contributed by atoms with van der Waals surface area (Å²) in [4.78, 5) is 0. The first-order valence-electron chi connectivity index (χ1n) is 6.44. The summed E-state index contributed by atoms with van der Waals surface area (Å²) >= 11 is 0. The smallest absolute Gasteiger partial charge is 0.0691 e. The first-order valence-corrected chi connectivity index (χ1v) is 7.92. The van der Waals surface area contributed by atoms with Gasteiger partial charge in [0.05, 0.1) is 6.10 Å². The van der Waals surface area contributed by atoms with Crippen LogP contribution in [0.4, 0.5) is 0 Å². The second-order valence-corrected chi connectivity index (χ2v) is 6.48. The zero-order valence-corrected chi connectivity index (χ0v) is 11.6. The Morgan fingerprint density at radius 3 is 3.06 bits per heavy atom. The predicted octanol–water partition coefficient (Wildman–Crippen LogP) is 1.92. The summed E-state index contributed by atoms with van der Waals surface area (Å²) in [6.45, 7) is 2.85. The van der Waals surface area contributed by atoms with Crippen LogP contribution in [0.3, 0.4) is 0 Å². The molecule has 1 aromatic carbocycles. The van der Waals surface area contributed by atoms with Crippen molar-refractivity contribution in [3.63, 3.8) is 0 Å². The van der Waals surface area contributed by atoms with E-state index in [1.54, 1.807) is 0 Å². The number of aryl methyl sites for hydroxylation is 1. The molecule has 2 N–H and O–H groups in total. The van der Waals surface area contributed by atoms with Gasteiger partial charge < -0.3 is 10.5 Å². The van der Waals surface area contributed by atoms with Crippen molar-refractivity contribution in [2.75, 3.05) is 18.1 Å². The van der Waals surface area contributed by atoms with Gasteiger partial charge in [0, 0.05) is 35.0 Å². The largest absolute Gasteiger partial charge is 0.377 e. The van der Waals surface area contributed by atoms with Crippen molar-refractivity contribution in [2.45, 2.75) is 31.9 Å². The van der Waals surface area contributed by atoms with Crippen molar-refractivity contribution in [1.29, 1.82) is 0 Å². The molecule has 0 spiro atoms. The van der Waals surface area contributed by atoms with E-state index in [1.165, 1.54) is 5.56 Å². The molecular weight excluding hydrogens is 246 g/mol. The lowest BCUT2D eigenvalue weighted by Gasteiger charge is -2.14. The Morgan fingerprint density at radius 1 is 1.56 bits per heavy atom. The van der Waals surface area contributed by atoms with Gasteiger partial charge in [-0.05, 0) is 25.3 Å². The fourth-order valence-electron chi connectivity index (χ4n) is 2.25. The Hall–Kier alpha value is -0.710. The highest BCUT2D eigenvalue weighted by Crippen LogP contribution is 2.16. The van der Waals surface area contributed by atoms with Gasteiger partial charge in [-0.3, -0.25) is 4.21 Å². The van der Waals surface area contributed by atoms with Gasteiger partial charge in [-0.25, -0.2) is 0 Å². The first kappa shape index (κ1) is 13.7. The van der Waals surface area contributed by atoms with Crippen molar-refractivity contribution in [1.82, 2.24) is 0 Å². The molecule has 1 aliphatic rings. The molecule has 3 nitrogen and oxygen atoms in total. The maximum absolute atomic E-state index is 12.0. The van der Waals surface area contributed by atoms with E-state index >= 15 is 0 Å². The van der Waals surface area contributed by atoms with Gasteiger partial charge in [0.2, 0.25) is 0 Å². The van der Waals surface area contributed by atoms with Crippen LogP contribution in [0.25, 0.3) is 0 Å². The highest BCUT2D eigenvalue weighted by Gasteiger charge is 2.20. The van der Waals surface area contributed by atoms with Crippen molar-refractivity contribution in [3.8, 4) is 0 Å². The molecule has 1 aliphatic heterocycles. The third kappa shape index (κ3) is 3.90. The molecule has 1 fully saturated rings. The number of ether oxygens (including phenoxy) is 1. The quantitative estimate of drug-likeness (QED) is 0.887. The first-order chi connectivity index (χ1) is 8.65. The van der Waals surface area contributed by atoms with Crippen LogP contribution in [-0.2, 0) is 15.5 Å². The van der Waals surface area contributed by atoms with Gasteiger partial charge in [-0.15, -0.1) is 0 Å². The normalized spacial score (nSPS) is 22.9. The summed E-state index contributed by atoms with van der Waals surface area (Å²) in [6.07, 6.45) is 2.30. The van der Waals surface area contributed by atoms with E-state index in [-0.39, 0.29) is 12.1 Å². The van der Waals surface area contributed by atoms with Crippen LogP contribution in [0.15, 0.2) is 24.3 Å². The zero-order chi connectivity index (χ0) is 13.0. The molecule has 0 saturated carbocycles. The lowest BCUT2D eigenvalue weighted by Crippen LogP contribution is -2.24. The Labute approximate surface area is 111 Å². The molecule has 1 saturated heterocycles. The second-order valence-electron chi connectivity index (χ2n) is 4.93. The molecule has 0 bridgehead atoms. The van der Waals surface area contributed by atoms with Crippen molar-refractivity contribution in [3.05, 3.63) is 35.4 Å². The van der Waals surface area contributed by atoms with E-state index in [9.17, 15) is 4.21 Å². The van der Waals surface area contributed by atoms with E-state index in [4.69, 9.17) is 10.5 Å². The average Bonchev–Trinajstić information content (AvgIpc) is 2.81. The highest BCUT2D eigenvalue weighted by atomic mass is 32.2. The molecule has 1 heterocycles. The topological polar surface area (TPSA) is 52.3 Å². The van der Waals surface area contributed by atoms with Crippen molar-refractivity contribution in [2.24, 2.45) is 5.73 Å². The number of nitrogens with two attached hydrogens (primary N) is 1. The molecule has 2 rings (SSSR count). The summed E-state index contributed by atoms with van der Waals surface area (Å²) in [6, 6.07) is 7.95. The zero-order valence-electron chi connectivity index (χ0n) is 10.8. The summed E-state index contributed by atoms with van der Waals surface area (Å²) in [5.41, 5.74) is 8.36. The van der Waals surface area contributed by atoms with Crippen LogP contribution in [0.2, 0.25) is 0 Å². The van der Waals surface area contributed by atoms with Gasteiger partial charge in [-0.2, -0.15) is 0 Å². The summed E-state index contributed by atoms with van der Waals surface area (Å²) in [5.74, 6) is 1.14. The number of hydrogen-bond donors (Lipinski definition) is 1. The third-order valence-electron chi connectivity index (χ3n) is 3.23. The van der Waals surface area contributed by atoms with Crippen LogP contribution >= 0.6 is 0 Å². The van der Waals surface area contributed by atoms with Crippen LogP contribution in [0.1, 0.15) is 30.0 Å². The molecule has 3 unspecified atom stereocenters. The van der Waals surface area contributed by atoms with Gasteiger partial charge in [0.25, 0.3) is 0 Å². The third-order valence-corrected chi connectivity index (χ3v) is 4.71. The minimum absolute atomic E-state index is 0.146. The van der Waals surface area contributed by atoms with Gasteiger partial charge in [0.1, 0.15) is 0 Å². The summed E-state index contributed by atoms with van der Waals surface area (Å²) in [5, 5.41) is 0. The number of rotatable bonds is 5. The molecule has 0 radical (unpaired) electrons. The highest BCUT2D eigenvalue weighted by molar-refractivity contribution is 7.85. The Kier molecular flexibility index (Phi) is 4.92. The van der Waals surface area contributed by atoms with E-state index in [1.807, 2.05) is 25.1 Å². The number of hydrogen-bond acceptors (Lipinski definition) is 3. The lowest BCUT2D eigenvalue weighted by atomic mass is 10.1. The Morgan fingerprint density at radius 2 is 2.39 bits per heavy atom. The van der Waals surface area contributed by atoms with Crippen LogP contribution in [0, 0.1) is 6.92 Å². The van der Waals surface area contributed by atoms with E-state index in [0.29, 0.717) is 11.5 Å². The second kappa shape index (κ2) is 6.45. The molecule has 18 heavy (non-hydrogen) atoms. The standard InChI is InChI=1S/C14H21NO2S/c1-11-4-2-5-12(8-11)14(15)10-18(16)9-13-6-3-7-17-13/h2,4-5,8,13-14H,3,6-7,9-10,15H2,1H3. The van der Waals surface area contributed by atoms with Crippen LogP contribution < -0.4 is 5.73 Å². The minimum Gasteiger partial charge on any atom is -0.377 e. The maximum Gasteiger partial charge on any atom is 0.0691 e. The monoisotopic (exact) mass is 267 g/mol. The summed E-state index contributed by atoms with van der Waals surface area (Å²) < 4.78 is 17.5. The minimum atomic E-state index is -0.897. The maximum atomic E-state index is 12.0.